The Morgan fingerprint density at radius 2 is 2.15 bits per heavy atom. The Labute approximate surface area is 118 Å². The molecule has 2 aromatic rings. The fourth-order valence-corrected chi connectivity index (χ4v) is 3.58. The molecular formula is C16H18N2O2. The highest BCUT2D eigenvalue weighted by molar-refractivity contribution is 5.69. The van der Waals surface area contributed by atoms with Crippen LogP contribution in [-0.4, -0.2) is 33.0 Å². The van der Waals surface area contributed by atoms with Crippen LogP contribution in [0.15, 0.2) is 36.8 Å². The molecule has 4 nitrogen and oxygen atoms in total. The molecule has 2 aliphatic heterocycles. The van der Waals surface area contributed by atoms with E-state index in [-0.39, 0.29) is 12.0 Å². The molecule has 4 rings (SSSR count). The van der Waals surface area contributed by atoms with Crippen LogP contribution >= 0.6 is 0 Å². The van der Waals surface area contributed by atoms with Crippen LogP contribution in [0, 0.1) is 5.92 Å². The van der Waals surface area contributed by atoms with E-state index >= 15 is 0 Å². The molecule has 1 aromatic carbocycles. The number of aliphatic hydroxyl groups excluding tert-OH is 1. The Hall–Kier alpha value is -1.65. The molecule has 0 spiro atoms. The van der Waals surface area contributed by atoms with Crippen LogP contribution in [0.2, 0.25) is 0 Å². The van der Waals surface area contributed by atoms with Crippen LogP contribution in [0.3, 0.4) is 0 Å². The summed E-state index contributed by atoms with van der Waals surface area (Å²) in [6.07, 6.45) is 3.28. The molecule has 3 atom stereocenters. The highest BCUT2D eigenvalue weighted by Gasteiger charge is 2.48. The highest BCUT2D eigenvalue weighted by Crippen LogP contribution is 2.47. The van der Waals surface area contributed by atoms with Crippen molar-refractivity contribution in [3.05, 3.63) is 42.4 Å². The van der Waals surface area contributed by atoms with Gasteiger partial charge in [-0.15, -0.1) is 0 Å². The minimum absolute atomic E-state index is 0.0570. The van der Waals surface area contributed by atoms with E-state index < -0.39 is 11.7 Å². The second-order valence-corrected chi connectivity index (χ2v) is 6.24. The topological polar surface area (TPSA) is 47.3 Å². The summed E-state index contributed by atoms with van der Waals surface area (Å²) in [5, 5.41) is 10.6. The Balaban J connectivity index is 1.84. The van der Waals surface area contributed by atoms with Gasteiger partial charge in [-0.3, -0.25) is 0 Å². The molecule has 0 amide bonds. The van der Waals surface area contributed by atoms with E-state index in [9.17, 15) is 5.11 Å². The van der Waals surface area contributed by atoms with Gasteiger partial charge < -0.3 is 14.4 Å². The van der Waals surface area contributed by atoms with Gasteiger partial charge in [0.2, 0.25) is 0 Å². The summed E-state index contributed by atoms with van der Waals surface area (Å²) in [7, 11) is 0. The molecule has 0 saturated carbocycles. The lowest BCUT2D eigenvalue weighted by molar-refractivity contribution is -0.0321. The van der Waals surface area contributed by atoms with Crippen LogP contribution in [0.4, 0.5) is 0 Å². The first-order chi connectivity index (χ1) is 9.59. The number of benzene rings is 1. The van der Waals surface area contributed by atoms with Gasteiger partial charge in [0.15, 0.2) is 0 Å². The number of aliphatic hydroxyl groups is 1. The predicted molar refractivity (Wildman–Crippen MR) is 75.3 cm³/mol. The molecule has 2 aliphatic rings. The average molecular weight is 270 g/mol. The largest absolute Gasteiger partial charge is 0.390 e. The fourth-order valence-electron chi connectivity index (χ4n) is 3.58. The Morgan fingerprint density at radius 1 is 1.35 bits per heavy atom. The lowest BCUT2D eigenvalue weighted by Crippen LogP contribution is -2.38. The molecule has 20 heavy (non-hydrogen) atoms. The first-order valence-corrected chi connectivity index (χ1v) is 7.03. The van der Waals surface area contributed by atoms with E-state index in [2.05, 4.69) is 27.8 Å². The smallest absolute Gasteiger partial charge is 0.0956 e. The highest BCUT2D eigenvalue weighted by atomic mass is 16.5. The molecule has 1 saturated heterocycles. The second kappa shape index (κ2) is 3.93. The monoisotopic (exact) mass is 270 g/mol. The van der Waals surface area contributed by atoms with Crippen LogP contribution < -0.4 is 0 Å². The third-order valence-corrected chi connectivity index (χ3v) is 4.69. The summed E-state index contributed by atoms with van der Waals surface area (Å²) in [5.41, 5.74) is 3.12. The van der Waals surface area contributed by atoms with Gasteiger partial charge in [0.05, 0.1) is 42.6 Å². The van der Waals surface area contributed by atoms with Crippen LogP contribution in [0.5, 0.6) is 0 Å². The van der Waals surface area contributed by atoms with E-state index in [0.717, 1.165) is 5.69 Å². The Bertz CT molecular complexity index is 662. The number of hydrogen-bond donors (Lipinski definition) is 1. The van der Waals surface area contributed by atoms with E-state index in [4.69, 9.17) is 4.74 Å². The normalized spacial score (nSPS) is 30.2. The van der Waals surface area contributed by atoms with Gasteiger partial charge in [-0.05, 0) is 19.4 Å². The van der Waals surface area contributed by atoms with Crippen molar-refractivity contribution in [3.63, 3.8) is 0 Å². The Kier molecular flexibility index (Phi) is 2.38. The molecular weight excluding hydrogens is 252 g/mol. The van der Waals surface area contributed by atoms with Crippen molar-refractivity contribution in [2.24, 2.45) is 5.92 Å². The molecule has 0 aliphatic carbocycles. The van der Waals surface area contributed by atoms with Crippen molar-refractivity contribution >= 4 is 0 Å². The van der Waals surface area contributed by atoms with Crippen molar-refractivity contribution in [2.75, 3.05) is 6.61 Å². The number of nitrogens with zero attached hydrogens (tertiary/aromatic N) is 2. The summed E-state index contributed by atoms with van der Waals surface area (Å²) in [4.78, 5) is 4.27. The lowest BCUT2D eigenvalue weighted by atomic mass is 9.85. The Morgan fingerprint density at radius 3 is 2.90 bits per heavy atom. The first-order valence-electron chi connectivity index (χ1n) is 7.03. The van der Waals surface area contributed by atoms with Crippen molar-refractivity contribution in [1.29, 1.82) is 0 Å². The number of aromatic nitrogens is 2. The van der Waals surface area contributed by atoms with Crippen molar-refractivity contribution in [2.45, 2.75) is 31.6 Å². The first kappa shape index (κ1) is 12.1. The van der Waals surface area contributed by atoms with Gasteiger partial charge in [0, 0.05) is 11.5 Å². The van der Waals surface area contributed by atoms with E-state index in [1.807, 2.05) is 32.4 Å². The van der Waals surface area contributed by atoms with Gasteiger partial charge in [-0.25, -0.2) is 4.98 Å². The fraction of sp³-hybridized carbons (Fsp3) is 0.438. The van der Waals surface area contributed by atoms with E-state index in [1.54, 1.807) is 0 Å². The second-order valence-electron chi connectivity index (χ2n) is 6.24. The van der Waals surface area contributed by atoms with Crippen molar-refractivity contribution < 1.29 is 9.84 Å². The number of hydrogen-bond acceptors (Lipinski definition) is 3. The van der Waals surface area contributed by atoms with E-state index in [0.29, 0.717) is 6.61 Å². The van der Waals surface area contributed by atoms with Gasteiger partial charge in [0.25, 0.3) is 0 Å². The summed E-state index contributed by atoms with van der Waals surface area (Å²) in [6, 6.07) is 8.48. The molecule has 0 radical (unpaired) electrons. The molecule has 3 heterocycles. The number of fused-ring (bicyclic) bond motifs is 3. The SMILES string of the molecule is CC1(C)OC[C@@H](C2c3ccccc3-c3cncn32)[C@@H]1O. The quantitative estimate of drug-likeness (QED) is 0.864. The zero-order valence-corrected chi connectivity index (χ0v) is 11.7. The molecule has 0 bridgehead atoms. The number of ether oxygens (including phenoxy) is 1. The minimum atomic E-state index is -0.483. The number of rotatable bonds is 1. The van der Waals surface area contributed by atoms with Crippen molar-refractivity contribution in [3.8, 4) is 11.3 Å². The lowest BCUT2D eigenvalue weighted by Gasteiger charge is -2.28. The van der Waals surface area contributed by atoms with Crippen LogP contribution in [0.1, 0.15) is 25.5 Å². The van der Waals surface area contributed by atoms with E-state index in [1.165, 1.54) is 11.1 Å². The maximum Gasteiger partial charge on any atom is 0.0956 e. The predicted octanol–water partition coefficient (Wildman–Crippen LogP) is 2.24. The molecule has 1 aromatic heterocycles. The summed E-state index contributed by atoms with van der Waals surface area (Å²) >= 11 is 0. The zero-order valence-electron chi connectivity index (χ0n) is 11.7. The van der Waals surface area contributed by atoms with Gasteiger partial charge in [-0.2, -0.15) is 0 Å². The maximum atomic E-state index is 10.6. The van der Waals surface area contributed by atoms with Crippen molar-refractivity contribution in [1.82, 2.24) is 9.55 Å². The minimum Gasteiger partial charge on any atom is -0.390 e. The number of imidazole rings is 1. The summed E-state index contributed by atoms with van der Waals surface area (Å²) < 4.78 is 7.97. The standard InChI is InChI=1S/C16H18N2O2/c1-16(2)15(19)12(8-20-16)14-11-6-4-3-5-10(11)13-7-17-9-18(13)14/h3-7,9,12,14-15,19H,8H2,1-2H3/t12-,14?,15-/m0/s1. The molecule has 4 heteroatoms. The molecule has 1 N–H and O–H groups in total. The van der Waals surface area contributed by atoms with Crippen LogP contribution in [-0.2, 0) is 4.74 Å². The average Bonchev–Trinajstić information content (AvgIpc) is 3.07. The molecule has 1 fully saturated rings. The molecule has 1 unspecified atom stereocenters. The van der Waals surface area contributed by atoms with Gasteiger partial charge in [0.1, 0.15) is 0 Å². The third kappa shape index (κ3) is 1.46. The third-order valence-electron chi connectivity index (χ3n) is 4.69. The van der Waals surface area contributed by atoms with Crippen LogP contribution in [0.25, 0.3) is 11.3 Å². The molecule has 104 valence electrons. The zero-order chi connectivity index (χ0) is 13.9. The van der Waals surface area contributed by atoms with Gasteiger partial charge in [-0.1, -0.05) is 24.3 Å². The van der Waals surface area contributed by atoms with Gasteiger partial charge >= 0.3 is 0 Å². The summed E-state index contributed by atoms with van der Waals surface area (Å²) in [5.74, 6) is 0.0570. The summed E-state index contributed by atoms with van der Waals surface area (Å²) in [6.45, 7) is 4.48. The maximum absolute atomic E-state index is 10.6.